The summed E-state index contributed by atoms with van der Waals surface area (Å²) in [5.74, 6) is 0. The third-order valence-corrected chi connectivity index (χ3v) is 3.56. The van der Waals surface area contributed by atoms with Crippen LogP contribution in [0.3, 0.4) is 0 Å². The fraction of sp³-hybridized carbons (Fsp3) is 1.00. The smallest absolute Gasteiger partial charge is 0.137 e. The molecule has 0 unspecified atom stereocenters. The molecule has 0 saturated carbocycles. The molecule has 1 aliphatic heterocycles. The second-order valence-electron chi connectivity index (χ2n) is 2.47. The van der Waals surface area contributed by atoms with E-state index in [1.165, 1.54) is 12.8 Å². The molecule has 0 spiro atoms. The molecule has 0 amide bonds. The summed E-state index contributed by atoms with van der Waals surface area (Å²) in [5.41, 5.74) is 0. The minimum Gasteiger partial charge on any atom is -0.290 e. The van der Waals surface area contributed by atoms with Gasteiger partial charge in [0.05, 0.1) is 13.2 Å². The summed E-state index contributed by atoms with van der Waals surface area (Å²) in [4.78, 5) is 0. The van der Waals surface area contributed by atoms with Crippen molar-refractivity contribution in [3.63, 3.8) is 0 Å². The van der Waals surface area contributed by atoms with Crippen molar-refractivity contribution in [3.05, 3.63) is 0 Å². The molecule has 1 rings (SSSR count). The Morgan fingerprint density at radius 1 is 0.769 bits per heavy atom. The van der Waals surface area contributed by atoms with Gasteiger partial charge in [0.1, 0.15) is 7.71 Å². The molecule has 2 nitrogen and oxygen atoms in total. The summed E-state index contributed by atoms with van der Waals surface area (Å²) < 4.78 is 10.5. The zero-order valence-corrected chi connectivity index (χ0v) is 14.7. The van der Waals surface area contributed by atoms with Gasteiger partial charge in [-0.15, -0.1) is 0 Å². The Labute approximate surface area is 134 Å². The Hall–Kier alpha value is 2.71. The quantitative estimate of drug-likeness (QED) is 0.596. The molecule has 0 aliphatic carbocycles. The van der Waals surface area contributed by atoms with Crippen molar-refractivity contribution in [2.75, 3.05) is 13.2 Å². The molecule has 7 heteroatoms. The van der Waals surface area contributed by atoms with Crippen LogP contribution in [0.4, 0.5) is 0 Å². The van der Waals surface area contributed by atoms with Crippen LogP contribution in [-0.4, -0.2) is 72.3 Å². The van der Waals surface area contributed by atoms with E-state index in [9.17, 15) is 0 Å². The van der Waals surface area contributed by atoms with Crippen LogP contribution in [0.15, 0.2) is 0 Å². The minimum absolute atomic E-state index is 0. The summed E-state index contributed by atoms with van der Waals surface area (Å²) in [6.45, 7) is 1.34. The van der Waals surface area contributed by atoms with Crippen molar-refractivity contribution in [2.45, 2.75) is 25.7 Å². The van der Waals surface area contributed by atoms with Crippen molar-refractivity contribution in [3.8, 4) is 0 Å². The summed E-state index contributed by atoms with van der Waals surface area (Å²) in [7, 11) is -2.00. The van der Waals surface area contributed by atoms with Gasteiger partial charge in [-0.05, 0) is 12.8 Å². The van der Waals surface area contributed by atoms with Crippen molar-refractivity contribution in [2.24, 2.45) is 0 Å². The van der Waals surface area contributed by atoms with Crippen LogP contribution in [0.5, 0.6) is 0 Å². The predicted molar refractivity (Wildman–Crippen MR) is 64.0 cm³/mol. The Morgan fingerprint density at radius 3 is 1.54 bits per heavy atom. The second-order valence-corrected chi connectivity index (χ2v) is 7.02. The topological polar surface area (TPSA) is 18.5 Å². The van der Waals surface area contributed by atoms with E-state index in [2.05, 4.69) is 0 Å². The molecule has 1 fully saturated rings. The predicted octanol–water partition coefficient (Wildman–Crippen LogP) is 0.740. The molecule has 13 heavy (non-hydrogen) atoms. The largest absolute Gasteiger partial charge is 0.290 e. The van der Waals surface area contributed by atoms with Crippen LogP contribution < -0.4 is 0 Å². The first kappa shape index (κ1) is 18.1. The zero-order chi connectivity index (χ0) is 8.16. The van der Waals surface area contributed by atoms with E-state index < -0.39 is 7.71 Å². The Bertz CT molecular complexity index is 190. The summed E-state index contributed by atoms with van der Waals surface area (Å²) in [6, 6.07) is 0. The van der Waals surface area contributed by atoms with E-state index in [1.807, 2.05) is 0 Å². The van der Waals surface area contributed by atoms with Crippen LogP contribution in [0.1, 0.15) is 25.7 Å². The van der Waals surface area contributed by atoms with E-state index in [1.54, 1.807) is 0 Å². The normalized spacial score (nSPS) is 22.5. The number of hydrogen-bond donors (Lipinski definition) is 0. The van der Waals surface area contributed by atoms with Gasteiger partial charge in [0.25, 0.3) is 0 Å². The molecule has 0 bridgehead atoms. The summed E-state index contributed by atoms with van der Waals surface area (Å²) in [5, 5.41) is 0. The van der Waals surface area contributed by atoms with Crippen molar-refractivity contribution in [1.29, 1.82) is 0 Å². The van der Waals surface area contributed by atoms with Gasteiger partial charge in [0.2, 0.25) is 0 Å². The average molecular weight is 258 g/mol. The van der Waals surface area contributed by atoms with Crippen molar-refractivity contribution in [1.82, 2.24) is 0 Å². The van der Waals surface area contributed by atoms with E-state index >= 15 is 0 Å². The van der Waals surface area contributed by atoms with Gasteiger partial charge in [-0.2, -0.15) is 0 Å². The van der Waals surface area contributed by atoms with Crippen LogP contribution >= 0.6 is 0 Å². The van der Waals surface area contributed by atoms with Crippen LogP contribution in [0.25, 0.3) is 0 Å². The van der Waals surface area contributed by atoms with Crippen molar-refractivity contribution >= 4 is 89.2 Å². The first-order valence-electron chi connectivity index (χ1n) is 3.74. The molecule has 0 N–H and O–H groups in total. The molecule has 68 valence electrons. The van der Waals surface area contributed by atoms with Gasteiger partial charge >= 0.3 is 0 Å². The molecule has 1 heterocycles. The fourth-order valence-corrected chi connectivity index (χ4v) is 2.44. The third kappa shape index (κ3) is 9.63. The van der Waals surface area contributed by atoms with Crippen LogP contribution in [0.2, 0.25) is 0 Å². The van der Waals surface area contributed by atoms with Gasteiger partial charge in [0, 0.05) is 81.5 Å². The molecular weight excluding hydrogens is 246 g/mol. The van der Waals surface area contributed by atoms with Gasteiger partial charge in [-0.1, -0.05) is 12.8 Å². The monoisotopic (exact) mass is 258 g/mol. The first-order chi connectivity index (χ1) is 5.21. The van der Waals surface area contributed by atoms with Gasteiger partial charge in [-0.25, -0.2) is 0 Å². The fourth-order valence-electron chi connectivity index (χ4n) is 0.914. The summed E-state index contributed by atoms with van der Waals surface area (Å²) >= 11 is 9.91. The Balaban J connectivity index is 0. The maximum Gasteiger partial charge on any atom is 0.137 e. The van der Waals surface area contributed by atoms with Gasteiger partial charge in [-0.3, -0.25) is 8.37 Å². The maximum absolute atomic E-state index is 5.24. The Morgan fingerprint density at radius 2 is 1.15 bits per heavy atom. The molecule has 0 aromatic heterocycles. The third-order valence-electron chi connectivity index (χ3n) is 1.49. The van der Waals surface area contributed by atoms with E-state index in [4.69, 9.17) is 30.7 Å². The Kier molecular flexibility index (Phi) is 13.8. The van der Waals surface area contributed by atoms with E-state index in [-0.39, 0.29) is 59.1 Å². The SMILES string of the molecule is S=S1(=S)OCCCCCCO1.[Na].[Na]. The molecule has 1 saturated heterocycles. The van der Waals surface area contributed by atoms with E-state index in [0.29, 0.717) is 13.2 Å². The van der Waals surface area contributed by atoms with Gasteiger partial charge < -0.3 is 0 Å². The molecular formula is C6H12Na2O2S3. The molecule has 2 radical (unpaired) electrons. The van der Waals surface area contributed by atoms with Crippen LogP contribution in [0, 0.1) is 0 Å². The minimum atomic E-state index is -2.00. The second kappa shape index (κ2) is 9.90. The maximum atomic E-state index is 5.24. The average Bonchev–Trinajstić information content (AvgIpc) is 2.00. The molecule has 0 atom stereocenters. The zero-order valence-electron chi connectivity index (χ0n) is 8.28. The van der Waals surface area contributed by atoms with E-state index in [0.717, 1.165) is 12.8 Å². The molecule has 0 aromatic carbocycles. The number of rotatable bonds is 0. The number of hydrogen-bond acceptors (Lipinski definition) is 4. The molecule has 1 aliphatic rings. The summed E-state index contributed by atoms with van der Waals surface area (Å²) in [6.07, 6.45) is 4.52. The van der Waals surface area contributed by atoms with Crippen molar-refractivity contribution < 1.29 is 8.37 Å². The first-order valence-corrected chi connectivity index (χ1v) is 7.08. The molecule has 0 aromatic rings. The van der Waals surface area contributed by atoms with Crippen LogP contribution in [-0.2, 0) is 38.5 Å². The van der Waals surface area contributed by atoms with Gasteiger partial charge in [0.15, 0.2) is 0 Å². The standard InChI is InChI=1S/C6H12O2S3.2Na/c9-11(10)7-5-3-1-2-4-6-8-11;;/h1-6H2;;.